The fourth-order valence-electron chi connectivity index (χ4n) is 1.74. The molecule has 2 rings (SSSR count). The molecule has 0 radical (unpaired) electrons. The third-order valence-electron chi connectivity index (χ3n) is 2.81. The molecular formula is C14H19N3O. The third-order valence-corrected chi connectivity index (χ3v) is 2.81. The predicted octanol–water partition coefficient (Wildman–Crippen LogP) is 1.73. The molecule has 0 spiro atoms. The number of benzene rings is 1. The van der Waals surface area contributed by atoms with E-state index >= 15 is 0 Å². The van der Waals surface area contributed by atoms with Crippen LogP contribution in [0.25, 0.3) is 5.69 Å². The van der Waals surface area contributed by atoms with Crippen LogP contribution in [0.15, 0.2) is 43.0 Å². The highest BCUT2D eigenvalue weighted by molar-refractivity contribution is 5.34. The molecule has 1 unspecified atom stereocenters. The second kappa shape index (κ2) is 6.33. The number of rotatable bonds is 6. The van der Waals surface area contributed by atoms with Gasteiger partial charge < -0.3 is 15.0 Å². The van der Waals surface area contributed by atoms with Crippen molar-refractivity contribution in [3.8, 4) is 5.69 Å². The van der Waals surface area contributed by atoms with Crippen molar-refractivity contribution in [3.05, 3.63) is 48.5 Å². The van der Waals surface area contributed by atoms with Crippen LogP contribution in [0, 0.1) is 0 Å². The van der Waals surface area contributed by atoms with Gasteiger partial charge in [0, 0.05) is 24.6 Å². The van der Waals surface area contributed by atoms with Crippen molar-refractivity contribution < 1.29 is 5.11 Å². The minimum absolute atomic E-state index is 0.235. The molecule has 1 heterocycles. The van der Waals surface area contributed by atoms with Crippen LogP contribution in [-0.4, -0.2) is 27.3 Å². The monoisotopic (exact) mass is 245 g/mol. The van der Waals surface area contributed by atoms with Gasteiger partial charge in [-0.05, 0) is 37.6 Å². The summed E-state index contributed by atoms with van der Waals surface area (Å²) in [4.78, 5) is 4.03. The Balaban J connectivity index is 1.84. The zero-order valence-electron chi connectivity index (χ0n) is 10.6. The zero-order chi connectivity index (χ0) is 12.8. The first-order chi connectivity index (χ1) is 8.75. The highest BCUT2D eigenvalue weighted by Crippen LogP contribution is 2.09. The lowest BCUT2D eigenvalue weighted by atomic mass is 10.2. The highest BCUT2D eigenvalue weighted by atomic mass is 16.3. The fraction of sp³-hybridized carbons (Fsp3) is 0.357. The quantitative estimate of drug-likeness (QED) is 0.762. The lowest BCUT2D eigenvalue weighted by molar-refractivity contribution is 0.183. The number of nitrogens with zero attached hydrogens (tertiary/aromatic N) is 2. The maximum absolute atomic E-state index is 9.14. The molecule has 1 aromatic heterocycles. The Bertz CT molecular complexity index is 448. The molecular weight excluding hydrogens is 226 g/mol. The Labute approximate surface area is 107 Å². The summed E-state index contributed by atoms with van der Waals surface area (Å²) < 4.78 is 1.98. The Kier molecular flexibility index (Phi) is 4.50. The molecule has 0 aliphatic carbocycles. The van der Waals surface area contributed by atoms with Gasteiger partial charge in [-0.1, -0.05) is 12.1 Å². The van der Waals surface area contributed by atoms with Crippen molar-refractivity contribution in [2.24, 2.45) is 0 Å². The minimum Gasteiger partial charge on any atom is -0.393 e. The van der Waals surface area contributed by atoms with E-state index in [1.54, 1.807) is 12.5 Å². The van der Waals surface area contributed by atoms with Gasteiger partial charge in [-0.15, -0.1) is 0 Å². The molecule has 0 bridgehead atoms. The van der Waals surface area contributed by atoms with E-state index in [-0.39, 0.29) is 6.10 Å². The molecule has 0 aliphatic rings. The first-order valence-corrected chi connectivity index (χ1v) is 6.22. The summed E-state index contributed by atoms with van der Waals surface area (Å²) >= 11 is 0. The summed E-state index contributed by atoms with van der Waals surface area (Å²) in [5, 5.41) is 12.5. The molecule has 0 aliphatic heterocycles. The number of imidazole rings is 1. The predicted molar refractivity (Wildman–Crippen MR) is 71.6 cm³/mol. The Morgan fingerprint density at radius 3 is 2.72 bits per heavy atom. The molecule has 96 valence electrons. The SMILES string of the molecule is CC(O)CCNCc1ccc(-n2ccnc2)cc1. The van der Waals surface area contributed by atoms with E-state index in [0.717, 1.165) is 25.2 Å². The van der Waals surface area contributed by atoms with Crippen LogP contribution in [0.1, 0.15) is 18.9 Å². The van der Waals surface area contributed by atoms with Gasteiger partial charge >= 0.3 is 0 Å². The number of hydrogen-bond acceptors (Lipinski definition) is 3. The molecule has 1 atom stereocenters. The largest absolute Gasteiger partial charge is 0.393 e. The molecule has 0 fully saturated rings. The minimum atomic E-state index is -0.235. The molecule has 1 aromatic carbocycles. The average Bonchev–Trinajstić information content (AvgIpc) is 2.89. The van der Waals surface area contributed by atoms with Gasteiger partial charge in [0.25, 0.3) is 0 Å². The Morgan fingerprint density at radius 2 is 2.11 bits per heavy atom. The van der Waals surface area contributed by atoms with E-state index in [1.165, 1.54) is 5.56 Å². The summed E-state index contributed by atoms with van der Waals surface area (Å²) in [6.45, 7) is 3.47. The number of aliphatic hydroxyl groups excluding tert-OH is 1. The molecule has 4 heteroatoms. The third kappa shape index (κ3) is 3.68. The van der Waals surface area contributed by atoms with Gasteiger partial charge in [-0.2, -0.15) is 0 Å². The van der Waals surface area contributed by atoms with E-state index in [0.29, 0.717) is 0 Å². The smallest absolute Gasteiger partial charge is 0.0991 e. The molecule has 0 saturated heterocycles. The average molecular weight is 245 g/mol. The molecule has 4 nitrogen and oxygen atoms in total. The van der Waals surface area contributed by atoms with Crippen LogP contribution in [-0.2, 0) is 6.54 Å². The van der Waals surface area contributed by atoms with E-state index in [2.05, 4.69) is 34.6 Å². The van der Waals surface area contributed by atoms with Gasteiger partial charge in [-0.3, -0.25) is 0 Å². The van der Waals surface area contributed by atoms with Crippen LogP contribution in [0.4, 0.5) is 0 Å². The Hall–Kier alpha value is -1.65. The lowest BCUT2D eigenvalue weighted by Crippen LogP contribution is -2.18. The summed E-state index contributed by atoms with van der Waals surface area (Å²) in [7, 11) is 0. The van der Waals surface area contributed by atoms with Gasteiger partial charge in [-0.25, -0.2) is 4.98 Å². The normalized spacial score (nSPS) is 12.6. The molecule has 18 heavy (non-hydrogen) atoms. The van der Waals surface area contributed by atoms with E-state index in [9.17, 15) is 0 Å². The summed E-state index contributed by atoms with van der Waals surface area (Å²) in [5.74, 6) is 0. The fourth-order valence-corrected chi connectivity index (χ4v) is 1.74. The Morgan fingerprint density at radius 1 is 1.33 bits per heavy atom. The van der Waals surface area contributed by atoms with Crippen molar-refractivity contribution in [2.75, 3.05) is 6.54 Å². The van der Waals surface area contributed by atoms with Crippen molar-refractivity contribution in [3.63, 3.8) is 0 Å². The van der Waals surface area contributed by atoms with Crippen LogP contribution in [0.2, 0.25) is 0 Å². The van der Waals surface area contributed by atoms with E-state index in [1.807, 2.05) is 17.7 Å². The molecule has 0 saturated carbocycles. The van der Waals surface area contributed by atoms with Crippen molar-refractivity contribution >= 4 is 0 Å². The lowest BCUT2D eigenvalue weighted by Gasteiger charge is -2.07. The number of nitrogens with one attached hydrogen (secondary N) is 1. The standard InChI is InChI=1S/C14H19N3O/c1-12(18)6-7-15-10-13-2-4-14(5-3-13)17-9-8-16-11-17/h2-5,8-9,11-12,15,18H,6-7,10H2,1H3. The van der Waals surface area contributed by atoms with Crippen LogP contribution in [0.3, 0.4) is 0 Å². The van der Waals surface area contributed by atoms with Gasteiger partial charge in [0.05, 0.1) is 12.4 Å². The maximum Gasteiger partial charge on any atom is 0.0991 e. The maximum atomic E-state index is 9.14. The molecule has 0 amide bonds. The van der Waals surface area contributed by atoms with Crippen molar-refractivity contribution in [1.29, 1.82) is 0 Å². The summed E-state index contributed by atoms with van der Waals surface area (Å²) in [6, 6.07) is 8.36. The van der Waals surface area contributed by atoms with Gasteiger partial charge in [0.2, 0.25) is 0 Å². The van der Waals surface area contributed by atoms with Gasteiger partial charge in [0.15, 0.2) is 0 Å². The molecule has 2 N–H and O–H groups in total. The first-order valence-electron chi connectivity index (χ1n) is 6.22. The summed E-state index contributed by atoms with van der Waals surface area (Å²) in [6.07, 6.45) is 6.03. The number of hydrogen-bond donors (Lipinski definition) is 2. The van der Waals surface area contributed by atoms with Crippen molar-refractivity contribution in [1.82, 2.24) is 14.9 Å². The summed E-state index contributed by atoms with van der Waals surface area (Å²) in [5.41, 5.74) is 2.35. The van der Waals surface area contributed by atoms with Crippen LogP contribution in [0.5, 0.6) is 0 Å². The van der Waals surface area contributed by atoms with E-state index < -0.39 is 0 Å². The number of aromatic nitrogens is 2. The van der Waals surface area contributed by atoms with Crippen molar-refractivity contribution in [2.45, 2.75) is 26.0 Å². The zero-order valence-corrected chi connectivity index (χ0v) is 10.6. The number of aliphatic hydroxyl groups is 1. The second-order valence-electron chi connectivity index (χ2n) is 4.45. The second-order valence-corrected chi connectivity index (χ2v) is 4.45. The van der Waals surface area contributed by atoms with E-state index in [4.69, 9.17) is 5.11 Å². The molecule has 2 aromatic rings. The highest BCUT2D eigenvalue weighted by Gasteiger charge is 1.98. The van der Waals surface area contributed by atoms with Crippen LogP contribution >= 0.6 is 0 Å². The first kappa shape index (κ1) is 12.8. The van der Waals surface area contributed by atoms with Gasteiger partial charge in [0.1, 0.15) is 0 Å². The van der Waals surface area contributed by atoms with Crippen LogP contribution < -0.4 is 5.32 Å². The topological polar surface area (TPSA) is 50.1 Å².